The highest BCUT2D eigenvalue weighted by atomic mass is 79.9. The highest BCUT2D eigenvalue weighted by Gasteiger charge is 2.09. The molecule has 0 aliphatic carbocycles. The van der Waals surface area contributed by atoms with Gasteiger partial charge in [0.25, 0.3) is 5.91 Å². The molecule has 0 fully saturated rings. The van der Waals surface area contributed by atoms with Gasteiger partial charge in [-0.3, -0.25) is 4.79 Å². The first-order valence-electron chi connectivity index (χ1n) is 3.94. The van der Waals surface area contributed by atoms with Crippen molar-refractivity contribution in [3.8, 4) is 0 Å². The van der Waals surface area contributed by atoms with E-state index in [4.69, 9.17) is 11.5 Å². The Hall–Kier alpha value is -1.03. The number of hydrogen-bond acceptors (Lipinski definition) is 2. The second-order valence-corrected chi connectivity index (χ2v) is 3.66. The number of carbonyl (C=O) groups is 1. The minimum atomic E-state index is -0.492. The van der Waals surface area contributed by atoms with Gasteiger partial charge < -0.3 is 11.5 Å². The third-order valence-corrected chi connectivity index (χ3v) is 2.33. The third-order valence-electron chi connectivity index (χ3n) is 1.88. The highest BCUT2D eigenvalue weighted by molar-refractivity contribution is 9.10. The molecule has 0 radical (unpaired) electrons. The minimum absolute atomic E-state index is 0.381. The monoisotopic (exact) mass is 242 g/mol. The number of nitrogens with two attached hydrogens (primary N) is 2. The first kappa shape index (κ1) is 10.1. The van der Waals surface area contributed by atoms with E-state index in [-0.39, 0.29) is 0 Å². The summed E-state index contributed by atoms with van der Waals surface area (Å²) in [6, 6.07) is 3.53. The predicted molar refractivity (Wildman–Crippen MR) is 56.5 cm³/mol. The maximum atomic E-state index is 11.0. The number of nitrogen functional groups attached to an aromatic ring is 1. The van der Waals surface area contributed by atoms with Crippen molar-refractivity contribution in [2.45, 2.75) is 13.3 Å². The molecule has 0 bridgehead atoms. The molecule has 4 N–H and O–H groups in total. The summed E-state index contributed by atoms with van der Waals surface area (Å²) in [5, 5.41) is 0. The first-order valence-corrected chi connectivity index (χ1v) is 4.73. The molecule has 0 spiro atoms. The van der Waals surface area contributed by atoms with Crippen molar-refractivity contribution in [1.29, 1.82) is 0 Å². The second-order valence-electron chi connectivity index (χ2n) is 2.74. The largest absolute Gasteiger partial charge is 0.398 e. The molecule has 1 amide bonds. The van der Waals surface area contributed by atoms with Crippen LogP contribution in [0.1, 0.15) is 22.8 Å². The van der Waals surface area contributed by atoms with Crippen LogP contribution in [0.4, 0.5) is 5.69 Å². The summed E-state index contributed by atoms with van der Waals surface area (Å²) < 4.78 is 0.826. The molecule has 70 valence electrons. The standard InChI is InChI=1S/C9H11BrN2O/c1-2-5-3-6(10)4-7(8(5)11)9(12)13/h3-4H,2,11H2,1H3,(H2,12,13). The lowest BCUT2D eigenvalue weighted by Gasteiger charge is -2.07. The van der Waals surface area contributed by atoms with E-state index in [1.807, 2.05) is 13.0 Å². The smallest absolute Gasteiger partial charge is 0.250 e. The Kier molecular flexibility index (Phi) is 2.93. The number of aryl methyl sites for hydroxylation is 1. The zero-order valence-corrected chi connectivity index (χ0v) is 8.89. The highest BCUT2D eigenvalue weighted by Crippen LogP contribution is 2.23. The molecule has 1 rings (SSSR count). The van der Waals surface area contributed by atoms with Crippen molar-refractivity contribution in [2.24, 2.45) is 5.73 Å². The molecule has 0 aromatic heterocycles. The fourth-order valence-corrected chi connectivity index (χ4v) is 1.68. The summed E-state index contributed by atoms with van der Waals surface area (Å²) in [5.74, 6) is -0.492. The molecule has 0 unspecified atom stereocenters. The number of carbonyl (C=O) groups excluding carboxylic acids is 1. The predicted octanol–water partition coefficient (Wildman–Crippen LogP) is 1.69. The van der Waals surface area contributed by atoms with Crippen LogP contribution in [0.15, 0.2) is 16.6 Å². The van der Waals surface area contributed by atoms with Crippen LogP contribution in [0.3, 0.4) is 0 Å². The fourth-order valence-electron chi connectivity index (χ4n) is 1.17. The average Bonchev–Trinajstić information content (AvgIpc) is 2.08. The number of hydrogen-bond donors (Lipinski definition) is 2. The lowest BCUT2D eigenvalue weighted by Crippen LogP contribution is -2.14. The molecule has 0 aliphatic rings. The maximum absolute atomic E-state index is 11.0. The minimum Gasteiger partial charge on any atom is -0.398 e. The van der Waals surface area contributed by atoms with Gasteiger partial charge >= 0.3 is 0 Å². The van der Waals surface area contributed by atoms with Crippen molar-refractivity contribution < 1.29 is 4.79 Å². The zero-order chi connectivity index (χ0) is 10.0. The molecule has 0 saturated carbocycles. The van der Waals surface area contributed by atoms with Gasteiger partial charge in [0.05, 0.1) is 5.56 Å². The van der Waals surface area contributed by atoms with Gasteiger partial charge in [-0.05, 0) is 24.1 Å². The average molecular weight is 243 g/mol. The van der Waals surface area contributed by atoms with Crippen LogP contribution in [0.2, 0.25) is 0 Å². The van der Waals surface area contributed by atoms with E-state index >= 15 is 0 Å². The van der Waals surface area contributed by atoms with Crippen LogP contribution >= 0.6 is 15.9 Å². The molecule has 3 nitrogen and oxygen atoms in total. The molecule has 13 heavy (non-hydrogen) atoms. The number of rotatable bonds is 2. The van der Waals surface area contributed by atoms with E-state index in [1.54, 1.807) is 6.07 Å². The van der Waals surface area contributed by atoms with Gasteiger partial charge in [0, 0.05) is 10.2 Å². The Balaban J connectivity index is 3.35. The first-order chi connectivity index (χ1) is 6.06. The van der Waals surface area contributed by atoms with E-state index < -0.39 is 5.91 Å². The summed E-state index contributed by atoms with van der Waals surface area (Å²) in [6.45, 7) is 1.98. The van der Waals surface area contributed by atoms with Crippen molar-refractivity contribution in [2.75, 3.05) is 5.73 Å². The molecular weight excluding hydrogens is 232 g/mol. The molecular formula is C9H11BrN2O. The van der Waals surface area contributed by atoms with Crippen LogP contribution in [0.25, 0.3) is 0 Å². The molecule has 0 heterocycles. The number of anilines is 1. The quantitative estimate of drug-likeness (QED) is 0.776. The Bertz CT molecular complexity index is 350. The van der Waals surface area contributed by atoms with Crippen LogP contribution in [-0.4, -0.2) is 5.91 Å². The Morgan fingerprint density at radius 1 is 1.54 bits per heavy atom. The van der Waals surface area contributed by atoms with Gasteiger partial charge in [0.15, 0.2) is 0 Å². The van der Waals surface area contributed by atoms with Crippen LogP contribution in [0, 0.1) is 0 Å². The van der Waals surface area contributed by atoms with Gasteiger partial charge in [-0.25, -0.2) is 0 Å². The number of benzene rings is 1. The Morgan fingerprint density at radius 2 is 2.15 bits per heavy atom. The van der Waals surface area contributed by atoms with E-state index in [1.165, 1.54) is 0 Å². The third kappa shape index (κ3) is 2.01. The van der Waals surface area contributed by atoms with E-state index in [9.17, 15) is 4.79 Å². The van der Waals surface area contributed by atoms with Gasteiger partial charge in [0.1, 0.15) is 0 Å². The number of primary amides is 1. The number of halogens is 1. The van der Waals surface area contributed by atoms with Crippen LogP contribution < -0.4 is 11.5 Å². The van der Waals surface area contributed by atoms with Crippen LogP contribution in [-0.2, 0) is 6.42 Å². The van der Waals surface area contributed by atoms with Gasteiger partial charge in [-0.1, -0.05) is 22.9 Å². The summed E-state index contributed by atoms with van der Waals surface area (Å²) in [4.78, 5) is 11.0. The van der Waals surface area contributed by atoms with Gasteiger partial charge in [0.2, 0.25) is 0 Å². The summed E-state index contributed by atoms with van der Waals surface area (Å²) in [6.07, 6.45) is 0.783. The van der Waals surface area contributed by atoms with Crippen LogP contribution in [0.5, 0.6) is 0 Å². The fraction of sp³-hybridized carbons (Fsp3) is 0.222. The summed E-state index contributed by atoms with van der Waals surface area (Å²) in [5.41, 5.74) is 12.7. The lowest BCUT2D eigenvalue weighted by molar-refractivity contribution is 0.100. The molecule has 1 aromatic carbocycles. The topological polar surface area (TPSA) is 69.1 Å². The molecule has 0 atom stereocenters. The van der Waals surface area contributed by atoms with Crippen molar-refractivity contribution in [1.82, 2.24) is 0 Å². The van der Waals surface area contributed by atoms with Gasteiger partial charge in [-0.15, -0.1) is 0 Å². The summed E-state index contributed by atoms with van der Waals surface area (Å²) in [7, 11) is 0. The normalized spacial score (nSPS) is 10.0. The van der Waals surface area contributed by atoms with Crippen molar-refractivity contribution in [3.05, 3.63) is 27.7 Å². The zero-order valence-electron chi connectivity index (χ0n) is 7.30. The SMILES string of the molecule is CCc1cc(Br)cc(C(N)=O)c1N. The molecule has 1 aromatic rings. The Morgan fingerprint density at radius 3 is 2.62 bits per heavy atom. The molecule has 0 aliphatic heterocycles. The maximum Gasteiger partial charge on any atom is 0.250 e. The molecule has 4 heteroatoms. The van der Waals surface area contributed by atoms with E-state index in [2.05, 4.69) is 15.9 Å². The lowest BCUT2D eigenvalue weighted by atomic mass is 10.1. The number of amides is 1. The Labute approximate surface area is 85.2 Å². The summed E-state index contributed by atoms with van der Waals surface area (Å²) >= 11 is 3.29. The van der Waals surface area contributed by atoms with Crippen molar-refractivity contribution >= 4 is 27.5 Å². The van der Waals surface area contributed by atoms with E-state index in [0.29, 0.717) is 11.3 Å². The van der Waals surface area contributed by atoms with E-state index in [0.717, 1.165) is 16.5 Å². The molecule has 0 saturated heterocycles. The van der Waals surface area contributed by atoms with Crippen molar-refractivity contribution in [3.63, 3.8) is 0 Å². The van der Waals surface area contributed by atoms with Gasteiger partial charge in [-0.2, -0.15) is 0 Å². The second kappa shape index (κ2) is 3.79.